The summed E-state index contributed by atoms with van der Waals surface area (Å²) in [4.78, 5) is 36.1. The van der Waals surface area contributed by atoms with Gasteiger partial charge in [0.2, 0.25) is 5.91 Å². The van der Waals surface area contributed by atoms with Crippen LogP contribution in [0.15, 0.2) is 30.3 Å². The molecule has 0 aliphatic carbocycles. The lowest BCUT2D eigenvalue weighted by Gasteiger charge is -2.25. The van der Waals surface area contributed by atoms with E-state index in [1.165, 1.54) is 11.3 Å². The summed E-state index contributed by atoms with van der Waals surface area (Å²) in [7, 11) is 0. The van der Waals surface area contributed by atoms with Crippen molar-refractivity contribution in [3.8, 4) is 0 Å². The van der Waals surface area contributed by atoms with Gasteiger partial charge in [0.15, 0.2) is 0 Å². The number of anilines is 1. The number of carbonyl (C=O) groups excluding carboxylic acids is 2. The Hall–Kier alpha value is -2.75. The normalized spacial score (nSPS) is 14.8. The molecule has 0 saturated carbocycles. The number of ether oxygens (including phenoxy) is 1. The van der Waals surface area contributed by atoms with Crippen molar-refractivity contribution < 1.29 is 14.3 Å². The first-order valence-corrected chi connectivity index (χ1v) is 10.3. The Kier molecular flexibility index (Phi) is 5.89. The molecule has 1 aromatic carbocycles. The van der Waals surface area contributed by atoms with Crippen molar-refractivity contribution in [1.29, 1.82) is 0 Å². The number of thiophene rings is 1. The molecule has 3 heterocycles. The molecule has 2 amide bonds. The molecule has 29 heavy (non-hydrogen) atoms. The zero-order valence-corrected chi connectivity index (χ0v) is 17.0. The van der Waals surface area contributed by atoms with Crippen LogP contribution in [-0.4, -0.2) is 59.5 Å². The number of hydrogen-bond acceptors (Lipinski definition) is 6. The minimum absolute atomic E-state index is 0.0843. The zero-order chi connectivity index (χ0) is 20.2. The number of aromatic amines is 1. The molecule has 1 aliphatic heterocycles. The largest absolute Gasteiger partial charge is 0.379 e. The van der Waals surface area contributed by atoms with Gasteiger partial charge >= 0.3 is 0 Å². The first kappa shape index (κ1) is 19.6. The number of benzene rings is 1. The number of imidazole rings is 1. The second-order valence-electron chi connectivity index (χ2n) is 6.95. The molecule has 8 nitrogen and oxygen atoms in total. The smallest absolute Gasteiger partial charge is 0.261 e. The molecule has 1 fully saturated rings. The average Bonchev–Trinajstić information content (AvgIpc) is 3.32. The van der Waals surface area contributed by atoms with Gasteiger partial charge in [0.25, 0.3) is 5.91 Å². The maximum absolute atomic E-state index is 12.2. The van der Waals surface area contributed by atoms with Gasteiger partial charge in [0, 0.05) is 23.7 Å². The van der Waals surface area contributed by atoms with Crippen LogP contribution in [-0.2, 0) is 16.1 Å². The molecule has 0 radical (unpaired) electrons. The molecule has 0 bridgehead atoms. The summed E-state index contributed by atoms with van der Waals surface area (Å²) in [5.74, 6) is 0.373. The number of morpholine rings is 1. The van der Waals surface area contributed by atoms with Crippen molar-refractivity contribution >= 4 is 39.9 Å². The number of nitrogens with zero attached hydrogens (tertiary/aromatic N) is 2. The van der Waals surface area contributed by atoms with E-state index in [1.54, 1.807) is 6.07 Å². The Bertz CT molecular complexity index is 1020. The number of carbonyl (C=O) groups is 2. The minimum atomic E-state index is -0.279. The van der Waals surface area contributed by atoms with Crippen LogP contribution >= 0.6 is 11.3 Å². The van der Waals surface area contributed by atoms with Crippen molar-refractivity contribution in [2.45, 2.75) is 13.5 Å². The minimum Gasteiger partial charge on any atom is -0.379 e. The van der Waals surface area contributed by atoms with Crippen LogP contribution in [0.4, 0.5) is 5.69 Å². The molecule has 152 valence electrons. The van der Waals surface area contributed by atoms with E-state index in [2.05, 4.69) is 25.5 Å². The van der Waals surface area contributed by atoms with E-state index in [-0.39, 0.29) is 18.4 Å². The van der Waals surface area contributed by atoms with Crippen LogP contribution in [0.1, 0.15) is 20.4 Å². The van der Waals surface area contributed by atoms with E-state index in [9.17, 15) is 9.59 Å². The fourth-order valence-electron chi connectivity index (χ4n) is 3.20. The number of nitrogens with one attached hydrogen (secondary N) is 3. The molecule has 4 rings (SSSR count). The van der Waals surface area contributed by atoms with Gasteiger partial charge in [0.05, 0.1) is 42.2 Å². The number of rotatable bonds is 6. The van der Waals surface area contributed by atoms with Gasteiger partial charge in [-0.3, -0.25) is 14.5 Å². The number of amides is 2. The standard InChI is InChI=1S/C20H23N5O3S/c1-13-2-5-17(29-13)20(27)21-11-19(26)22-14-3-4-15-16(10-14)24-18(23-15)12-25-6-8-28-9-7-25/h2-5,10H,6-9,11-12H2,1H3,(H,21,27)(H,22,26)(H,23,24). The third-order valence-electron chi connectivity index (χ3n) is 4.67. The summed E-state index contributed by atoms with van der Waals surface area (Å²) in [6, 6.07) is 9.18. The molecular weight excluding hydrogens is 390 g/mol. The Morgan fingerprint density at radius 2 is 2.07 bits per heavy atom. The summed E-state index contributed by atoms with van der Waals surface area (Å²) in [6.45, 7) is 5.89. The lowest BCUT2D eigenvalue weighted by Crippen LogP contribution is -2.35. The summed E-state index contributed by atoms with van der Waals surface area (Å²) in [6.07, 6.45) is 0. The van der Waals surface area contributed by atoms with E-state index < -0.39 is 0 Å². The SMILES string of the molecule is Cc1ccc(C(=O)NCC(=O)Nc2ccc3nc(CN4CCOCC4)[nH]c3c2)s1. The van der Waals surface area contributed by atoms with Crippen molar-refractivity contribution in [3.05, 3.63) is 45.9 Å². The quantitative estimate of drug-likeness (QED) is 0.575. The zero-order valence-electron chi connectivity index (χ0n) is 16.2. The molecule has 1 saturated heterocycles. The van der Waals surface area contributed by atoms with Crippen molar-refractivity contribution in [1.82, 2.24) is 20.2 Å². The predicted octanol–water partition coefficient (Wildman–Crippen LogP) is 2.13. The molecule has 0 unspecified atom stereocenters. The predicted molar refractivity (Wildman–Crippen MR) is 112 cm³/mol. The van der Waals surface area contributed by atoms with Crippen LogP contribution in [0.2, 0.25) is 0 Å². The van der Waals surface area contributed by atoms with Gasteiger partial charge < -0.3 is 20.4 Å². The van der Waals surface area contributed by atoms with Gasteiger partial charge in [0.1, 0.15) is 5.82 Å². The van der Waals surface area contributed by atoms with Crippen molar-refractivity contribution in [3.63, 3.8) is 0 Å². The third kappa shape index (κ3) is 5.00. The van der Waals surface area contributed by atoms with E-state index in [0.717, 1.165) is 54.6 Å². The Labute approximate surface area is 172 Å². The summed E-state index contributed by atoms with van der Waals surface area (Å²) in [5, 5.41) is 5.45. The Morgan fingerprint density at radius 3 is 2.83 bits per heavy atom. The van der Waals surface area contributed by atoms with Crippen LogP contribution in [0.3, 0.4) is 0 Å². The van der Waals surface area contributed by atoms with Gasteiger partial charge in [-0.1, -0.05) is 0 Å². The number of aromatic nitrogens is 2. The van der Waals surface area contributed by atoms with Gasteiger partial charge in [-0.25, -0.2) is 4.98 Å². The maximum atomic E-state index is 12.2. The molecule has 3 aromatic rings. The van der Waals surface area contributed by atoms with Gasteiger partial charge in [-0.2, -0.15) is 0 Å². The second kappa shape index (κ2) is 8.73. The Balaban J connectivity index is 1.33. The highest BCUT2D eigenvalue weighted by Crippen LogP contribution is 2.18. The average molecular weight is 414 g/mol. The highest BCUT2D eigenvalue weighted by Gasteiger charge is 2.14. The number of fused-ring (bicyclic) bond motifs is 1. The fourth-order valence-corrected chi connectivity index (χ4v) is 3.98. The lowest BCUT2D eigenvalue weighted by atomic mass is 10.2. The van der Waals surface area contributed by atoms with Crippen LogP contribution < -0.4 is 10.6 Å². The van der Waals surface area contributed by atoms with Crippen LogP contribution in [0.5, 0.6) is 0 Å². The van der Waals surface area contributed by atoms with E-state index in [4.69, 9.17) is 4.74 Å². The van der Waals surface area contributed by atoms with Gasteiger partial charge in [-0.05, 0) is 37.3 Å². The lowest BCUT2D eigenvalue weighted by molar-refractivity contribution is -0.115. The topological polar surface area (TPSA) is 99.3 Å². The van der Waals surface area contributed by atoms with E-state index >= 15 is 0 Å². The molecule has 1 aliphatic rings. The van der Waals surface area contributed by atoms with Gasteiger partial charge in [-0.15, -0.1) is 11.3 Å². The van der Waals surface area contributed by atoms with Crippen LogP contribution in [0, 0.1) is 6.92 Å². The summed E-state index contributed by atoms with van der Waals surface area (Å²) in [5.41, 5.74) is 2.38. The molecular formula is C20H23N5O3S. The molecule has 2 aromatic heterocycles. The molecule has 9 heteroatoms. The van der Waals surface area contributed by atoms with E-state index in [0.29, 0.717) is 10.6 Å². The molecule has 3 N–H and O–H groups in total. The number of H-pyrrole nitrogens is 1. The number of hydrogen-bond donors (Lipinski definition) is 3. The highest BCUT2D eigenvalue weighted by molar-refractivity contribution is 7.13. The first-order chi connectivity index (χ1) is 14.1. The fraction of sp³-hybridized carbons (Fsp3) is 0.350. The number of aryl methyl sites for hydroxylation is 1. The van der Waals surface area contributed by atoms with E-state index in [1.807, 2.05) is 31.2 Å². The molecule has 0 atom stereocenters. The van der Waals surface area contributed by atoms with Crippen molar-refractivity contribution in [2.24, 2.45) is 0 Å². The summed E-state index contributed by atoms with van der Waals surface area (Å²) >= 11 is 1.40. The third-order valence-corrected chi connectivity index (χ3v) is 5.66. The van der Waals surface area contributed by atoms with Crippen molar-refractivity contribution in [2.75, 3.05) is 38.2 Å². The monoisotopic (exact) mass is 413 g/mol. The Morgan fingerprint density at radius 1 is 1.24 bits per heavy atom. The van der Waals surface area contributed by atoms with Crippen LogP contribution in [0.25, 0.3) is 11.0 Å². The first-order valence-electron chi connectivity index (χ1n) is 9.50. The molecule has 0 spiro atoms. The maximum Gasteiger partial charge on any atom is 0.261 e. The second-order valence-corrected chi connectivity index (χ2v) is 8.23. The summed E-state index contributed by atoms with van der Waals surface area (Å²) < 4.78 is 5.37. The highest BCUT2D eigenvalue weighted by atomic mass is 32.1.